The molecule has 0 aliphatic heterocycles. The second-order valence-corrected chi connectivity index (χ2v) is 4.83. The first-order chi connectivity index (χ1) is 7.49. The Bertz CT molecular complexity index is 457. The second kappa shape index (κ2) is 5.29. The number of nitrogens with two attached hydrogens (primary N) is 2. The fourth-order valence-corrected chi connectivity index (χ4v) is 2.09. The van der Waals surface area contributed by atoms with Crippen molar-refractivity contribution in [2.24, 2.45) is 10.9 Å². The molecule has 1 aromatic carbocycles. The summed E-state index contributed by atoms with van der Waals surface area (Å²) in [6.07, 6.45) is 0.606. The van der Waals surface area contributed by atoms with Gasteiger partial charge in [-0.05, 0) is 37.6 Å². The molecule has 90 valence electrons. The van der Waals surface area contributed by atoms with E-state index in [1.54, 1.807) is 19.1 Å². The zero-order chi connectivity index (χ0) is 12.2. The fraction of sp³-hybridized carbons (Fsp3) is 0.400. The molecule has 0 amide bonds. The van der Waals surface area contributed by atoms with E-state index in [-0.39, 0.29) is 10.6 Å². The number of primary sulfonamides is 1. The van der Waals surface area contributed by atoms with Crippen LogP contribution in [-0.4, -0.2) is 21.6 Å². The van der Waals surface area contributed by atoms with Crippen LogP contribution in [0.15, 0.2) is 23.1 Å². The standard InChI is InChI=1S/C10H16N2O3S/c1-2-15-9-4-3-8(5-6-11)7-10(9)16(12,13)14/h3-4,7H,2,5-6,11H2,1H3,(H2,12,13,14). The molecule has 0 atom stereocenters. The molecule has 0 fully saturated rings. The van der Waals surface area contributed by atoms with E-state index < -0.39 is 10.0 Å². The van der Waals surface area contributed by atoms with E-state index in [1.807, 2.05) is 0 Å². The van der Waals surface area contributed by atoms with Crippen molar-refractivity contribution >= 4 is 10.0 Å². The largest absolute Gasteiger partial charge is 0.492 e. The third-order valence-corrected chi connectivity index (χ3v) is 2.98. The van der Waals surface area contributed by atoms with Crippen LogP contribution in [0.25, 0.3) is 0 Å². The minimum absolute atomic E-state index is 0.0142. The van der Waals surface area contributed by atoms with Gasteiger partial charge in [0.25, 0.3) is 0 Å². The van der Waals surface area contributed by atoms with E-state index in [2.05, 4.69) is 0 Å². The summed E-state index contributed by atoms with van der Waals surface area (Å²) in [6, 6.07) is 4.90. The van der Waals surface area contributed by atoms with Gasteiger partial charge in [-0.3, -0.25) is 0 Å². The molecule has 0 bridgehead atoms. The quantitative estimate of drug-likeness (QED) is 0.775. The number of hydrogen-bond acceptors (Lipinski definition) is 4. The van der Waals surface area contributed by atoms with Gasteiger partial charge in [0.2, 0.25) is 10.0 Å². The van der Waals surface area contributed by atoms with Gasteiger partial charge in [-0.25, -0.2) is 13.6 Å². The Balaban J connectivity index is 3.21. The first-order valence-electron chi connectivity index (χ1n) is 4.97. The Morgan fingerprint density at radius 3 is 2.56 bits per heavy atom. The van der Waals surface area contributed by atoms with Crippen LogP contribution in [0.4, 0.5) is 0 Å². The van der Waals surface area contributed by atoms with E-state index in [4.69, 9.17) is 15.6 Å². The van der Waals surface area contributed by atoms with Crippen LogP contribution in [0.1, 0.15) is 12.5 Å². The van der Waals surface area contributed by atoms with Crippen LogP contribution in [0.5, 0.6) is 5.75 Å². The molecular weight excluding hydrogens is 228 g/mol. The molecule has 0 heterocycles. The van der Waals surface area contributed by atoms with Crippen LogP contribution in [0.3, 0.4) is 0 Å². The molecule has 0 radical (unpaired) electrons. The van der Waals surface area contributed by atoms with E-state index >= 15 is 0 Å². The topological polar surface area (TPSA) is 95.4 Å². The minimum Gasteiger partial charge on any atom is -0.492 e. The van der Waals surface area contributed by atoms with Crippen molar-refractivity contribution in [3.05, 3.63) is 23.8 Å². The summed E-state index contributed by atoms with van der Waals surface area (Å²) in [4.78, 5) is 0.0142. The van der Waals surface area contributed by atoms with E-state index in [9.17, 15) is 8.42 Å². The summed E-state index contributed by atoms with van der Waals surface area (Å²) in [5, 5.41) is 5.11. The summed E-state index contributed by atoms with van der Waals surface area (Å²) in [6.45, 7) is 2.62. The molecule has 0 spiro atoms. The normalized spacial score (nSPS) is 11.4. The van der Waals surface area contributed by atoms with Crippen LogP contribution in [-0.2, 0) is 16.4 Å². The molecule has 0 unspecified atom stereocenters. The van der Waals surface area contributed by atoms with Gasteiger partial charge < -0.3 is 10.5 Å². The number of ether oxygens (including phenoxy) is 1. The predicted octanol–water partition coefficient (Wildman–Crippen LogP) is 0.234. The third-order valence-electron chi connectivity index (χ3n) is 2.05. The first-order valence-corrected chi connectivity index (χ1v) is 6.52. The first kappa shape index (κ1) is 13.0. The van der Waals surface area contributed by atoms with Gasteiger partial charge in [-0.1, -0.05) is 6.07 Å². The van der Waals surface area contributed by atoms with Crippen LogP contribution < -0.4 is 15.6 Å². The maximum Gasteiger partial charge on any atom is 0.241 e. The van der Waals surface area contributed by atoms with Crippen molar-refractivity contribution in [3.63, 3.8) is 0 Å². The third kappa shape index (κ3) is 3.19. The monoisotopic (exact) mass is 244 g/mol. The number of rotatable bonds is 5. The fourth-order valence-electron chi connectivity index (χ4n) is 1.37. The molecule has 0 saturated heterocycles. The molecule has 1 rings (SSSR count). The van der Waals surface area contributed by atoms with Crippen molar-refractivity contribution in [2.45, 2.75) is 18.2 Å². The molecule has 1 aromatic rings. The lowest BCUT2D eigenvalue weighted by Gasteiger charge is -2.10. The highest BCUT2D eigenvalue weighted by atomic mass is 32.2. The van der Waals surface area contributed by atoms with E-state index in [0.29, 0.717) is 19.6 Å². The van der Waals surface area contributed by atoms with Crippen molar-refractivity contribution in [1.82, 2.24) is 0 Å². The van der Waals surface area contributed by atoms with Crippen LogP contribution >= 0.6 is 0 Å². The molecule has 0 saturated carbocycles. The molecule has 0 aliphatic carbocycles. The highest BCUT2D eigenvalue weighted by Crippen LogP contribution is 2.24. The second-order valence-electron chi connectivity index (χ2n) is 3.30. The number of benzene rings is 1. The van der Waals surface area contributed by atoms with Crippen molar-refractivity contribution < 1.29 is 13.2 Å². The zero-order valence-corrected chi connectivity index (χ0v) is 9.96. The smallest absolute Gasteiger partial charge is 0.241 e. The average molecular weight is 244 g/mol. The van der Waals surface area contributed by atoms with Gasteiger partial charge in [0.1, 0.15) is 10.6 Å². The predicted molar refractivity (Wildman–Crippen MR) is 61.7 cm³/mol. The van der Waals surface area contributed by atoms with Crippen LogP contribution in [0, 0.1) is 0 Å². The number of hydrogen-bond donors (Lipinski definition) is 2. The summed E-state index contributed by atoms with van der Waals surface area (Å²) in [7, 11) is -3.76. The Morgan fingerprint density at radius 2 is 2.06 bits per heavy atom. The Kier molecular flexibility index (Phi) is 4.28. The molecule has 5 nitrogen and oxygen atoms in total. The summed E-state index contributed by atoms with van der Waals surface area (Å²) in [5.74, 6) is 0.283. The zero-order valence-electron chi connectivity index (χ0n) is 9.14. The molecular formula is C10H16N2O3S. The summed E-state index contributed by atoms with van der Waals surface area (Å²) in [5.41, 5.74) is 6.23. The van der Waals surface area contributed by atoms with Gasteiger partial charge in [-0.15, -0.1) is 0 Å². The molecule has 6 heteroatoms. The van der Waals surface area contributed by atoms with Crippen molar-refractivity contribution in [3.8, 4) is 5.75 Å². The van der Waals surface area contributed by atoms with Crippen LogP contribution in [0.2, 0.25) is 0 Å². The van der Waals surface area contributed by atoms with E-state index in [1.165, 1.54) is 6.07 Å². The minimum atomic E-state index is -3.76. The number of sulfonamides is 1. The summed E-state index contributed by atoms with van der Waals surface area (Å²) < 4.78 is 27.9. The highest BCUT2D eigenvalue weighted by molar-refractivity contribution is 7.89. The SMILES string of the molecule is CCOc1ccc(CCN)cc1S(N)(=O)=O. The molecule has 0 aliphatic rings. The highest BCUT2D eigenvalue weighted by Gasteiger charge is 2.15. The van der Waals surface area contributed by atoms with Gasteiger partial charge in [-0.2, -0.15) is 0 Å². The van der Waals surface area contributed by atoms with Gasteiger partial charge >= 0.3 is 0 Å². The summed E-state index contributed by atoms with van der Waals surface area (Å²) >= 11 is 0. The molecule has 0 aromatic heterocycles. The lowest BCUT2D eigenvalue weighted by atomic mass is 10.1. The lowest BCUT2D eigenvalue weighted by Crippen LogP contribution is -2.15. The average Bonchev–Trinajstić information content (AvgIpc) is 2.19. The van der Waals surface area contributed by atoms with Gasteiger partial charge in [0.05, 0.1) is 6.61 Å². The molecule has 4 N–H and O–H groups in total. The Labute approximate surface area is 95.4 Å². The lowest BCUT2D eigenvalue weighted by molar-refractivity contribution is 0.331. The van der Waals surface area contributed by atoms with Crippen molar-refractivity contribution in [1.29, 1.82) is 0 Å². The Morgan fingerprint density at radius 1 is 1.38 bits per heavy atom. The van der Waals surface area contributed by atoms with Gasteiger partial charge in [0, 0.05) is 0 Å². The molecule has 16 heavy (non-hydrogen) atoms. The Hall–Kier alpha value is -1.11. The van der Waals surface area contributed by atoms with E-state index in [0.717, 1.165) is 5.56 Å². The maximum atomic E-state index is 11.4. The van der Waals surface area contributed by atoms with Gasteiger partial charge in [0.15, 0.2) is 0 Å². The van der Waals surface area contributed by atoms with Crippen molar-refractivity contribution in [2.75, 3.05) is 13.2 Å². The maximum absolute atomic E-state index is 11.4.